The van der Waals surface area contributed by atoms with Crippen molar-refractivity contribution in [1.29, 1.82) is 0 Å². The SMILES string of the molecule is COc1cc(NC(=O)c2ccccc2)c(C)cc1NC(=O)CSc1nnc(-c2ccc(Cl)cc2)n1Cc1ccco1. The maximum atomic E-state index is 13.0. The van der Waals surface area contributed by atoms with Crippen molar-refractivity contribution in [3.8, 4) is 17.1 Å². The van der Waals surface area contributed by atoms with Crippen LogP contribution in [0.3, 0.4) is 0 Å². The molecule has 0 spiro atoms. The monoisotopic (exact) mass is 587 g/mol. The van der Waals surface area contributed by atoms with Crippen molar-refractivity contribution in [1.82, 2.24) is 14.8 Å². The number of aromatic nitrogens is 3. The summed E-state index contributed by atoms with van der Waals surface area (Å²) in [6, 6.07) is 23.4. The maximum absolute atomic E-state index is 13.0. The van der Waals surface area contributed by atoms with Gasteiger partial charge in [-0.25, -0.2) is 0 Å². The van der Waals surface area contributed by atoms with E-state index in [1.165, 1.54) is 18.9 Å². The third-order valence-electron chi connectivity index (χ3n) is 6.15. The normalized spacial score (nSPS) is 10.8. The molecule has 5 aromatic rings. The molecule has 3 aromatic carbocycles. The molecule has 0 fully saturated rings. The molecule has 0 aliphatic heterocycles. The number of halogens is 1. The molecule has 0 aliphatic carbocycles. The fourth-order valence-corrected chi connectivity index (χ4v) is 4.96. The largest absolute Gasteiger partial charge is 0.494 e. The first-order valence-electron chi connectivity index (χ1n) is 12.6. The number of nitrogens with one attached hydrogen (secondary N) is 2. The average Bonchev–Trinajstić information content (AvgIpc) is 3.64. The zero-order chi connectivity index (χ0) is 28.8. The number of hydrogen-bond acceptors (Lipinski definition) is 7. The van der Waals surface area contributed by atoms with Gasteiger partial charge in [0.1, 0.15) is 11.5 Å². The Labute approximate surface area is 245 Å². The van der Waals surface area contributed by atoms with E-state index in [4.69, 9.17) is 20.8 Å². The van der Waals surface area contributed by atoms with Crippen molar-refractivity contribution in [2.75, 3.05) is 23.5 Å². The molecule has 2 aromatic heterocycles. The minimum atomic E-state index is -0.255. The van der Waals surface area contributed by atoms with Gasteiger partial charge in [0.25, 0.3) is 5.91 Å². The first kappa shape index (κ1) is 28.0. The summed E-state index contributed by atoms with van der Waals surface area (Å²) in [5.74, 6) is 1.36. The molecule has 0 aliphatic rings. The van der Waals surface area contributed by atoms with Crippen molar-refractivity contribution in [3.63, 3.8) is 0 Å². The Hall–Kier alpha value is -4.54. The van der Waals surface area contributed by atoms with Crippen LogP contribution in [0.25, 0.3) is 11.4 Å². The van der Waals surface area contributed by atoms with Gasteiger partial charge < -0.3 is 19.8 Å². The van der Waals surface area contributed by atoms with Crippen molar-refractivity contribution in [2.45, 2.75) is 18.6 Å². The standard InChI is InChI=1S/C30H26ClN5O4S/c1-19-15-25(26(39-2)16-24(19)33-29(38)21-7-4-3-5-8-21)32-27(37)18-41-30-35-34-28(20-10-12-22(31)13-11-20)36(30)17-23-9-6-14-40-23/h3-16H,17-18H2,1-2H3,(H,32,37)(H,33,38). The summed E-state index contributed by atoms with van der Waals surface area (Å²) in [6.07, 6.45) is 1.61. The van der Waals surface area contributed by atoms with E-state index in [2.05, 4.69) is 20.8 Å². The number of hydrogen-bond donors (Lipinski definition) is 2. The van der Waals surface area contributed by atoms with E-state index in [1.54, 1.807) is 54.8 Å². The number of thioether (sulfide) groups is 1. The van der Waals surface area contributed by atoms with Crippen molar-refractivity contribution >= 4 is 46.6 Å². The van der Waals surface area contributed by atoms with Crippen LogP contribution in [0.15, 0.2) is 94.7 Å². The quantitative estimate of drug-likeness (QED) is 0.178. The lowest BCUT2D eigenvalue weighted by Crippen LogP contribution is -2.17. The van der Waals surface area contributed by atoms with Gasteiger partial charge in [-0.15, -0.1) is 10.2 Å². The number of carbonyl (C=O) groups excluding carboxylic acids is 2. The number of ether oxygens (including phenoxy) is 1. The molecule has 0 radical (unpaired) electrons. The number of aryl methyl sites for hydroxylation is 1. The molecule has 0 saturated carbocycles. The lowest BCUT2D eigenvalue weighted by molar-refractivity contribution is -0.113. The first-order valence-corrected chi connectivity index (χ1v) is 14.0. The minimum absolute atomic E-state index is 0.0750. The predicted molar refractivity (Wildman–Crippen MR) is 160 cm³/mol. The summed E-state index contributed by atoms with van der Waals surface area (Å²) in [6.45, 7) is 2.24. The second-order valence-electron chi connectivity index (χ2n) is 9.00. The number of rotatable bonds is 10. The van der Waals surface area contributed by atoms with Crippen LogP contribution in [0.4, 0.5) is 11.4 Å². The molecule has 2 N–H and O–H groups in total. The molecule has 41 heavy (non-hydrogen) atoms. The smallest absolute Gasteiger partial charge is 0.255 e. The fraction of sp³-hybridized carbons (Fsp3) is 0.133. The Morgan fingerprint density at radius 3 is 2.46 bits per heavy atom. The predicted octanol–water partition coefficient (Wildman–Crippen LogP) is 6.54. The highest BCUT2D eigenvalue weighted by molar-refractivity contribution is 7.99. The second kappa shape index (κ2) is 12.8. The van der Waals surface area contributed by atoms with Gasteiger partial charge in [-0.05, 0) is 67.1 Å². The number of furan rings is 1. The van der Waals surface area contributed by atoms with Crippen LogP contribution in [0.1, 0.15) is 21.7 Å². The van der Waals surface area contributed by atoms with E-state index < -0.39 is 0 Å². The summed E-state index contributed by atoms with van der Waals surface area (Å²) in [5.41, 5.74) is 3.23. The first-order chi connectivity index (χ1) is 19.9. The van der Waals surface area contributed by atoms with Gasteiger partial charge in [-0.2, -0.15) is 0 Å². The molecule has 0 unspecified atom stereocenters. The van der Waals surface area contributed by atoms with Crippen molar-refractivity contribution in [2.24, 2.45) is 0 Å². The number of methoxy groups -OCH3 is 1. The van der Waals surface area contributed by atoms with Gasteiger partial charge in [0.15, 0.2) is 11.0 Å². The highest BCUT2D eigenvalue weighted by Gasteiger charge is 2.19. The fourth-order valence-electron chi connectivity index (χ4n) is 4.10. The van der Waals surface area contributed by atoms with Gasteiger partial charge >= 0.3 is 0 Å². The Balaban J connectivity index is 1.30. The molecule has 0 bridgehead atoms. The molecule has 208 valence electrons. The zero-order valence-corrected chi connectivity index (χ0v) is 23.8. The molecule has 5 rings (SSSR count). The Kier molecular flexibility index (Phi) is 8.71. The third-order valence-corrected chi connectivity index (χ3v) is 7.37. The van der Waals surface area contributed by atoms with Crippen LogP contribution < -0.4 is 15.4 Å². The van der Waals surface area contributed by atoms with Crippen LogP contribution in [0, 0.1) is 6.92 Å². The molecule has 0 atom stereocenters. The third kappa shape index (κ3) is 6.79. The highest BCUT2D eigenvalue weighted by atomic mass is 35.5. The zero-order valence-electron chi connectivity index (χ0n) is 22.3. The number of amides is 2. The Morgan fingerprint density at radius 1 is 0.976 bits per heavy atom. The second-order valence-corrected chi connectivity index (χ2v) is 10.4. The Morgan fingerprint density at radius 2 is 1.76 bits per heavy atom. The molecule has 9 nitrogen and oxygen atoms in total. The van der Waals surface area contributed by atoms with Crippen LogP contribution >= 0.6 is 23.4 Å². The van der Waals surface area contributed by atoms with Gasteiger partial charge in [-0.1, -0.05) is 41.6 Å². The van der Waals surface area contributed by atoms with Gasteiger partial charge in [-0.3, -0.25) is 14.2 Å². The average molecular weight is 588 g/mol. The summed E-state index contributed by atoms with van der Waals surface area (Å²) < 4.78 is 13.0. The minimum Gasteiger partial charge on any atom is -0.494 e. The van der Waals surface area contributed by atoms with Crippen LogP contribution in [-0.4, -0.2) is 39.4 Å². The number of anilines is 2. The van der Waals surface area contributed by atoms with E-state index in [-0.39, 0.29) is 17.6 Å². The summed E-state index contributed by atoms with van der Waals surface area (Å²) in [5, 5.41) is 15.7. The molecular weight excluding hydrogens is 562 g/mol. The Bertz CT molecular complexity index is 1650. The van der Waals surface area contributed by atoms with Crippen molar-refractivity contribution < 1.29 is 18.7 Å². The number of benzene rings is 3. The van der Waals surface area contributed by atoms with Gasteiger partial charge in [0, 0.05) is 27.9 Å². The summed E-state index contributed by atoms with van der Waals surface area (Å²) in [7, 11) is 1.51. The van der Waals surface area contributed by atoms with E-state index in [1.807, 2.05) is 41.8 Å². The molecule has 0 saturated heterocycles. The van der Waals surface area contributed by atoms with E-state index >= 15 is 0 Å². The number of nitrogens with zero attached hydrogens (tertiary/aromatic N) is 3. The maximum Gasteiger partial charge on any atom is 0.255 e. The van der Waals surface area contributed by atoms with Crippen LogP contribution in [0.2, 0.25) is 5.02 Å². The van der Waals surface area contributed by atoms with E-state index in [0.717, 1.165) is 16.9 Å². The van der Waals surface area contributed by atoms with Crippen LogP contribution in [-0.2, 0) is 11.3 Å². The molecule has 11 heteroatoms. The molecular formula is C30H26ClN5O4S. The number of carbonyl (C=O) groups is 2. The lowest BCUT2D eigenvalue weighted by Gasteiger charge is -2.15. The molecule has 2 amide bonds. The molecule has 2 heterocycles. The highest BCUT2D eigenvalue weighted by Crippen LogP contribution is 2.32. The summed E-state index contributed by atoms with van der Waals surface area (Å²) >= 11 is 7.32. The van der Waals surface area contributed by atoms with E-state index in [0.29, 0.717) is 45.2 Å². The van der Waals surface area contributed by atoms with Gasteiger partial charge in [0.2, 0.25) is 5.91 Å². The topological polar surface area (TPSA) is 111 Å². The van der Waals surface area contributed by atoms with Crippen LogP contribution in [0.5, 0.6) is 5.75 Å². The van der Waals surface area contributed by atoms with Gasteiger partial charge in [0.05, 0.1) is 31.4 Å². The van der Waals surface area contributed by atoms with Crippen molar-refractivity contribution in [3.05, 3.63) is 107 Å². The lowest BCUT2D eigenvalue weighted by atomic mass is 10.1. The summed E-state index contributed by atoms with van der Waals surface area (Å²) in [4.78, 5) is 25.6. The van der Waals surface area contributed by atoms with E-state index in [9.17, 15) is 9.59 Å².